The molecule has 18 heteroatoms. The van der Waals surface area contributed by atoms with Crippen LogP contribution in [0.15, 0.2) is 48.5 Å². The van der Waals surface area contributed by atoms with Crippen molar-refractivity contribution in [1.29, 1.82) is 0 Å². The van der Waals surface area contributed by atoms with Crippen molar-refractivity contribution in [3.05, 3.63) is 48.5 Å². The number of aromatic nitrogens is 6. The number of para-hydroxylation sites is 2. The number of hydrogen-bond acceptors (Lipinski definition) is 8. The molecule has 2 aromatic carbocycles. The molecule has 7 rings (SSSR count). The Labute approximate surface area is 238 Å². The molecule has 0 bridgehead atoms. The average molecular weight is 640 g/mol. The normalized spacial score (nSPS) is 20.5. The summed E-state index contributed by atoms with van der Waals surface area (Å²) in [6.45, 7) is 6.79. The number of rotatable bonds is 5. The number of aromatic amines is 1. The minimum Gasteiger partial charge on any atom is -0.258 e. The van der Waals surface area contributed by atoms with Gasteiger partial charge in [-0.3, -0.25) is 5.10 Å². The molecule has 3 aliphatic rings. The molecule has 0 spiro atoms. The summed E-state index contributed by atoms with van der Waals surface area (Å²) in [5.74, 6) is 0. The molecule has 0 amide bonds. The molecular formula is C24H33F6N9OP2. The molecule has 0 radical (unpaired) electrons. The summed E-state index contributed by atoms with van der Waals surface area (Å²) in [4.78, 5) is 1.72. The van der Waals surface area contributed by atoms with E-state index >= 15 is 0 Å². The first-order valence-corrected chi connectivity index (χ1v) is 17.4. The van der Waals surface area contributed by atoms with Gasteiger partial charge in [0.25, 0.3) is 0 Å². The van der Waals surface area contributed by atoms with Crippen molar-refractivity contribution >= 4 is 37.8 Å². The van der Waals surface area contributed by atoms with E-state index in [0.29, 0.717) is 0 Å². The second kappa shape index (κ2) is 11.5. The number of halogens is 6. The Morgan fingerprint density at radius 2 is 1.10 bits per heavy atom. The summed E-state index contributed by atoms with van der Waals surface area (Å²) in [5.41, 5.74) is 3.76. The predicted molar refractivity (Wildman–Crippen MR) is 151 cm³/mol. The van der Waals surface area contributed by atoms with E-state index in [0.717, 1.165) is 61.3 Å². The van der Waals surface area contributed by atoms with Crippen LogP contribution in [0.1, 0.15) is 38.5 Å². The van der Waals surface area contributed by atoms with Crippen LogP contribution in [0.2, 0.25) is 0 Å². The van der Waals surface area contributed by atoms with Crippen LogP contribution >= 0.6 is 15.8 Å². The van der Waals surface area contributed by atoms with Crippen molar-refractivity contribution in [2.24, 2.45) is 0 Å². The van der Waals surface area contributed by atoms with E-state index in [1.807, 2.05) is 42.5 Å². The maximum Gasteiger partial charge on any atom is 0.451 e. The number of nitrogens with one attached hydrogen (secondary N) is 1. The summed E-state index contributed by atoms with van der Waals surface area (Å²) in [7, 11) is -12.7. The Bertz CT molecular complexity index is 1390. The van der Waals surface area contributed by atoms with Gasteiger partial charge in [0.2, 0.25) is 0 Å². The second-order valence-electron chi connectivity index (χ2n) is 10.3. The van der Waals surface area contributed by atoms with Crippen molar-refractivity contribution in [3.8, 4) is 0 Å². The standard InChI is InChI=1S/C18H28N6OP.C6H5N3.F6P/c1-2-10-18-17(9-1)19-20-24(18)25-26(21-11-3-4-12-21,22-13-5-6-14-22)23-15-7-8-16-23;1-2-4-6-5(3-1)7-9-8-6;1-7(2,3,4,5)6/h1-2,9-10H,3-8,11-16H2;1-4H,(H,7,8,9);/q+1;;-1. The predicted octanol–water partition coefficient (Wildman–Crippen LogP) is 7.17. The van der Waals surface area contributed by atoms with Crippen LogP contribution in [-0.4, -0.2) is 83.8 Å². The molecule has 1 N–H and O–H groups in total. The molecule has 3 fully saturated rings. The smallest absolute Gasteiger partial charge is 0.258 e. The van der Waals surface area contributed by atoms with Crippen LogP contribution in [0.3, 0.4) is 0 Å². The molecule has 2 aromatic heterocycles. The van der Waals surface area contributed by atoms with Crippen LogP contribution in [0, 0.1) is 0 Å². The van der Waals surface area contributed by atoms with Crippen molar-refractivity contribution < 1.29 is 29.8 Å². The fourth-order valence-electron chi connectivity index (χ4n) is 5.37. The summed E-state index contributed by atoms with van der Waals surface area (Å²) < 4.78 is 74.1. The van der Waals surface area contributed by atoms with Crippen LogP contribution in [0.4, 0.5) is 25.2 Å². The first-order valence-electron chi connectivity index (χ1n) is 13.8. The fraction of sp³-hybridized carbons (Fsp3) is 0.500. The molecule has 0 aliphatic carbocycles. The number of fused-ring (bicyclic) bond motifs is 2. The van der Waals surface area contributed by atoms with E-state index in [4.69, 9.17) is 4.62 Å². The average Bonchev–Trinajstić information content (AvgIpc) is 3.77. The SMILES string of the molecule is F[P-](F)(F)(F)(F)F.c1ccc2[nH]nnc2c1.c1ccc2c(c1)nnn2O[P+](N1CCCC1)(N1CCCC1)N1CCCC1. The topological polar surface area (TPSA) is 91.2 Å². The van der Waals surface area contributed by atoms with E-state index in [-0.39, 0.29) is 0 Å². The Morgan fingerprint density at radius 1 is 0.643 bits per heavy atom. The second-order valence-corrected chi connectivity index (χ2v) is 15.1. The number of nitrogens with zero attached hydrogens (tertiary/aromatic N) is 8. The van der Waals surface area contributed by atoms with Crippen molar-refractivity contribution in [1.82, 2.24) is 44.6 Å². The third kappa shape index (κ3) is 8.04. The molecule has 0 saturated carbocycles. The van der Waals surface area contributed by atoms with Crippen LogP contribution < -0.4 is 4.62 Å². The van der Waals surface area contributed by atoms with Gasteiger partial charge in [0, 0.05) is 39.3 Å². The summed E-state index contributed by atoms with van der Waals surface area (Å²) in [6.07, 6.45) is 7.61. The maximum absolute atomic E-state index is 10.7. The molecular weight excluding hydrogens is 606 g/mol. The van der Waals surface area contributed by atoms with Gasteiger partial charge in [-0.1, -0.05) is 29.5 Å². The molecule has 42 heavy (non-hydrogen) atoms. The molecule has 4 aromatic rings. The van der Waals surface area contributed by atoms with E-state index < -0.39 is 15.8 Å². The monoisotopic (exact) mass is 639 g/mol. The third-order valence-electron chi connectivity index (χ3n) is 7.09. The van der Waals surface area contributed by atoms with Crippen LogP contribution in [-0.2, 0) is 0 Å². The molecule has 10 nitrogen and oxygen atoms in total. The number of hydrogen-bond donors (Lipinski definition) is 1. The Balaban J connectivity index is 0.000000180. The van der Waals surface area contributed by atoms with Crippen molar-refractivity contribution in [2.75, 3.05) is 39.3 Å². The molecule has 0 atom stereocenters. The van der Waals surface area contributed by atoms with Crippen molar-refractivity contribution in [2.45, 2.75) is 38.5 Å². The first-order chi connectivity index (χ1) is 19.8. The zero-order chi connectivity index (χ0) is 29.9. The largest absolute Gasteiger partial charge is 0.451 e. The van der Waals surface area contributed by atoms with Gasteiger partial charge in [0.15, 0.2) is 0 Å². The summed E-state index contributed by atoms with van der Waals surface area (Å²) in [6, 6.07) is 15.8. The van der Waals surface area contributed by atoms with Gasteiger partial charge >= 0.3 is 40.9 Å². The minimum atomic E-state index is -10.7. The number of H-pyrrole nitrogens is 1. The zero-order valence-electron chi connectivity index (χ0n) is 22.8. The molecule has 232 valence electrons. The van der Waals surface area contributed by atoms with Crippen molar-refractivity contribution in [3.63, 3.8) is 0 Å². The van der Waals surface area contributed by atoms with Gasteiger partial charge in [0.05, 0.1) is 5.52 Å². The van der Waals surface area contributed by atoms with Gasteiger partial charge < -0.3 is 0 Å². The van der Waals surface area contributed by atoms with E-state index in [2.05, 4.69) is 45.8 Å². The minimum absolute atomic E-state index is 0.898. The van der Waals surface area contributed by atoms with E-state index in [9.17, 15) is 25.2 Å². The van der Waals surface area contributed by atoms with Gasteiger partial charge in [-0.25, -0.2) is 0 Å². The number of benzene rings is 2. The Hall–Kier alpha value is -2.64. The molecule has 0 unspecified atom stereocenters. The van der Waals surface area contributed by atoms with E-state index in [1.165, 1.54) is 38.5 Å². The molecule has 5 heterocycles. The quantitative estimate of drug-likeness (QED) is 0.182. The van der Waals surface area contributed by atoms with E-state index in [1.54, 1.807) is 4.85 Å². The fourth-order valence-corrected chi connectivity index (χ4v) is 9.50. The summed E-state index contributed by atoms with van der Waals surface area (Å²) >= 11 is 0. The Kier molecular flexibility index (Phi) is 8.40. The maximum atomic E-state index is 9.87. The third-order valence-corrected chi connectivity index (χ3v) is 10.9. The summed E-state index contributed by atoms with van der Waals surface area (Å²) in [5, 5.41) is 18.9. The Morgan fingerprint density at radius 3 is 1.60 bits per heavy atom. The van der Waals surface area contributed by atoms with Crippen LogP contribution in [0.25, 0.3) is 22.1 Å². The van der Waals surface area contributed by atoms with Crippen LogP contribution in [0.5, 0.6) is 0 Å². The zero-order valence-corrected chi connectivity index (χ0v) is 24.5. The van der Waals surface area contributed by atoms with Gasteiger partial charge in [-0.15, -0.1) is 24.2 Å². The molecule has 3 saturated heterocycles. The first kappa shape index (κ1) is 30.8. The van der Waals surface area contributed by atoms with Gasteiger partial charge in [-0.05, 0) is 72.8 Å². The molecule has 3 aliphatic heterocycles. The van der Waals surface area contributed by atoms with Gasteiger partial charge in [-0.2, -0.15) is 4.62 Å². The van der Waals surface area contributed by atoms with Gasteiger partial charge in [0.1, 0.15) is 16.6 Å².